The van der Waals surface area contributed by atoms with Crippen LogP contribution in [0.5, 0.6) is 0 Å². The van der Waals surface area contributed by atoms with Gasteiger partial charge in [0.15, 0.2) is 0 Å². The summed E-state index contributed by atoms with van der Waals surface area (Å²) in [7, 11) is 0. The second-order valence-electron chi connectivity index (χ2n) is 6.59. The minimum absolute atomic E-state index is 0.0557. The molecule has 0 radical (unpaired) electrons. The number of anilines is 1. The zero-order valence-corrected chi connectivity index (χ0v) is 17.8. The maximum Gasteiger partial charge on any atom is 0.303 e. The molecule has 1 aliphatic carbocycles. The Kier molecular flexibility index (Phi) is 6.32. The summed E-state index contributed by atoms with van der Waals surface area (Å²) in [6, 6.07) is 9.38. The van der Waals surface area contributed by atoms with Crippen molar-refractivity contribution >= 4 is 63.5 Å². The van der Waals surface area contributed by atoms with Crippen molar-refractivity contribution < 1.29 is 19.1 Å². The number of halogens is 3. The van der Waals surface area contributed by atoms with E-state index in [-0.39, 0.29) is 22.8 Å². The zero-order chi connectivity index (χ0) is 19.6. The molecule has 0 saturated heterocycles. The van der Waals surface area contributed by atoms with Gasteiger partial charge >= 0.3 is 5.97 Å². The number of hydrogen-bond acceptors (Lipinski definition) is 3. The summed E-state index contributed by atoms with van der Waals surface area (Å²) in [6.45, 7) is 0. The number of carboxylic acids is 1. The first-order valence-electron chi connectivity index (χ1n) is 8.19. The number of nitrogens with one attached hydrogen (secondary N) is 1. The third kappa shape index (κ3) is 5.36. The van der Waals surface area contributed by atoms with Crippen molar-refractivity contribution in [1.29, 1.82) is 0 Å². The molecule has 0 heterocycles. The van der Waals surface area contributed by atoms with Gasteiger partial charge in [0, 0.05) is 25.5 Å². The lowest BCUT2D eigenvalue weighted by Crippen LogP contribution is -2.13. The first-order chi connectivity index (χ1) is 12.8. The maximum absolute atomic E-state index is 13.2. The molecular formula is C19H16ClFINO3S. The predicted octanol–water partition coefficient (Wildman–Crippen LogP) is 5.68. The Morgan fingerprint density at radius 3 is 2.63 bits per heavy atom. The monoisotopic (exact) mass is 519 g/mol. The number of hydrogen-bond donors (Lipinski definition) is 2. The molecule has 1 amide bonds. The van der Waals surface area contributed by atoms with Gasteiger partial charge in [0.05, 0.1) is 11.4 Å². The quantitative estimate of drug-likeness (QED) is 0.365. The van der Waals surface area contributed by atoms with Crippen molar-refractivity contribution in [3.63, 3.8) is 0 Å². The molecule has 1 aliphatic rings. The lowest BCUT2D eigenvalue weighted by atomic mass is 10.1. The smallest absolute Gasteiger partial charge is 0.303 e. The van der Waals surface area contributed by atoms with Gasteiger partial charge < -0.3 is 10.4 Å². The number of amides is 1. The molecule has 2 aromatic carbocycles. The van der Waals surface area contributed by atoms with Gasteiger partial charge in [-0.25, -0.2) is 4.39 Å². The number of rotatable bonds is 7. The normalized spacial score (nSPS) is 14.6. The SMILES string of the molecule is O=C(O)CC1(CSc2cc(C(=O)Nc3ccc(F)c(Cl)c3)ccc2I)CC1. The molecule has 8 heteroatoms. The second-order valence-corrected chi connectivity index (χ2v) is 9.17. The minimum Gasteiger partial charge on any atom is -0.481 e. The van der Waals surface area contributed by atoms with E-state index < -0.39 is 11.8 Å². The highest BCUT2D eigenvalue weighted by molar-refractivity contribution is 14.1. The van der Waals surface area contributed by atoms with Gasteiger partial charge in [-0.3, -0.25) is 9.59 Å². The Balaban J connectivity index is 1.69. The molecule has 0 unspecified atom stereocenters. The number of carbonyl (C=O) groups is 2. The van der Waals surface area contributed by atoms with E-state index in [1.54, 1.807) is 23.9 Å². The standard InChI is InChI=1S/C19H16ClFINO3S/c20-13-8-12(2-3-14(13)21)23-18(26)11-1-4-15(22)16(7-11)27-10-19(5-6-19)9-17(24)25/h1-4,7-8H,5-6,9-10H2,(H,23,26)(H,24,25). The Hall–Kier alpha value is -1.32. The lowest BCUT2D eigenvalue weighted by molar-refractivity contribution is -0.138. The minimum atomic E-state index is -0.770. The Morgan fingerprint density at radius 1 is 1.26 bits per heavy atom. The van der Waals surface area contributed by atoms with Crippen LogP contribution in [0, 0.1) is 14.8 Å². The maximum atomic E-state index is 13.2. The molecular weight excluding hydrogens is 504 g/mol. The van der Waals surface area contributed by atoms with Gasteiger partial charge in [-0.1, -0.05) is 11.6 Å². The molecule has 0 bridgehead atoms. The van der Waals surface area contributed by atoms with E-state index in [1.165, 1.54) is 18.2 Å². The summed E-state index contributed by atoms with van der Waals surface area (Å²) >= 11 is 9.52. The number of carboxylic acid groups (broad SMARTS) is 1. The zero-order valence-electron chi connectivity index (χ0n) is 14.1. The van der Waals surface area contributed by atoms with E-state index in [1.807, 2.05) is 6.07 Å². The van der Waals surface area contributed by atoms with Crippen LogP contribution in [0.25, 0.3) is 0 Å². The Bertz CT molecular complexity index is 905. The third-order valence-corrected chi connectivity index (χ3v) is 7.39. The number of thioether (sulfide) groups is 1. The van der Waals surface area contributed by atoms with Gasteiger partial charge in [0.1, 0.15) is 5.82 Å². The van der Waals surface area contributed by atoms with Crippen LogP contribution >= 0.6 is 46.0 Å². The highest BCUT2D eigenvalue weighted by Crippen LogP contribution is 2.52. The largest absolute Gasteiger partial charge is 0.481 e. The average molecular weight is 520 g/mol. The van der Waals surface area contributed by atoms with Gasteiger partial charge in [0.2, 0.25) is 0 Å². The highest BCUT2D eigenvalue weighted by Gasteiger charge is 2.44. The second kappa shape index (κ2) is 8.36. The first-order valence-corrected chi connectivity index (χ1v) is 10.6. The third-order valence-electron chi connectivity index (χ3n) is 4.39. The van der Waals surface area contributed by atoms with Crippen LogP contribution < -0.4 is 5.32 Å². The molecule has 0 aliphatic heterocycles. The molecule has 2 N–H and O–H groups in total. The topological polar surface area (TPSA) is 66.4 Å². The van der Waals surface area contributed by atoms with Crippen molar-refractivity contribution in [2.24, 2.45) is 5.41 Å². The van der Waals surface area contributed by atoms with Crippen molar-refractivity contribution in [2.45, 2.75) is 24.2 Å². The molecule has 0 aromatic heterocycles. The molecule has 1 saturated carbocycles. The van der Waals surface area contributed by atoms with Crippen LogP contribution in [-0.4, -0.2) is 22.7 Å². The van der Waals surface area contributed by atoms with Crippen LogP contribution in [0.4, 0.5) is 10.1 Å². The van der Waals surface area contributed by atoms with Crippen LogP contribution in [0.3, 0.4) is 0 Å². The van der Waals surface area contributed by atoms with E-state index in [0.29, 0.717) is 17.0 Å². The summed E-state index contributed by atoms with van der Waals surface area (Å²) in [5.41, 5.74) is 0.766. The van der Waals surface area contributed by atoms with E-state index in [2.05, 4.69) is 27.9 Å². The van der Waals surface area contributed by atoms with Crippen LogP contribution in [-0.2, 0) is 4.79 Å². The van der Waals surface area contributed by atoms with Gasteiger partial charge in [-0.2, -0.15) is 0 Å². The van der Waals surface area contributed by atoms with Crippen LogP contribution in [0.1, 0.15) is 29.6 Å². The summed E-state index contributed by atoms with van der Waals surface area (Å²) in [6.07, 6.45) is 2.03. The molecule has 4 nitrogen and oxygen atoms in total. The van der Waals surface area contributed by atoms with Gasteiger partial charge in [-0.15, -0.1) is 11.8 Å². The number of benzene rings is 2. The van der Waals surface area contributed by atoms with E-state index in [9.17, 15) is 14.0 Å². The fraction of sp³-hybridized carbons (Fsp3) is 0.263. The van der Waals surface area contributed by atoms with Gasteiger partial charge in [-0.05, 0) is 77.2 Å². The summed E-state index contributed by atoms with van der Waals surface area (Å²) < 4.78 is 14.2. The number of carbonyl (C=O) groups excluding carboxylic acids is 1. The van der Waals surface area contributed by atoms with Crippen LogP contribution in [0.15, 0.2) is 41.3 Å². The lowest BCUT2D eigenvalue weighted by Gasteiger charge is -2.13. The average Bonchev–Trinajstić information content (AvgIpc) is 3.36. The van der Waals surface area contributed by atoms with E-state index in [4.69, 9.17) is 16.7 Å². The van der Waals surface area contributed by atoms with Gasteiger partial charge in [0.25, 0.3) is 5.91 Å². The molecule has 142 valence electrons. The molecule has 27 heavy (non-hydrogen) atoms. The molecule has 3 rings (SSSR count). The highest BCUT2D eigenvalue weighted by atomic mass is 127. The predicted molar refractivity (Wildman–Crippen MR) is 113 cm³/mol. The van der Waals surface area contributed by atoms with Crippen LogP contribution in [0.2, 0.25) is 5.02 Å². The van der Waals surface area contributed by atoms with Crippen molar-refractivity contribution in [1.82, 2.24) is 0 Å². The fourth-order valence-corrected chi connectivity index (χ4v) is 4.88. The Labute approximate surface area is 179 Å². The van der Waals surface area contributed by atoms with Crippen molar-refractivity contribution in [3.8, 4) is 0 Å². The molecule has 0 spiro atoms. The fourth-order valence-electron chi connectivity index (χ4n) is 2.63. The van der Waals surface area contributed by atoms with Crippen molar-refractivity contribution in [2.75, 3.05) is 11.1 Å². The molecule has 1 fully saturated rings. The molecule has 0 atom stereocenters. The Morgan fingerprint density at radius 2 is 2.00 bits per heavy atom. The summed E-state index contributed by atoms with van der Waals surface area (Å²) in [5.74, 6) is -0.914. The summed E-state index contributed by atoms with van der Waals surface area (Å²) in [5, 5.41) is 11.7. The van der Waals surface area contributed by atoms with Crippen molar-refractivity contribution in [3.05, 3.63) is 56.4 Å². The van der Waals surface area contributed by atoms with E-state index in [0.717, 1.165) is 21.3 Å². The van der Waals surface area contributed by atoms with E-state index >= 15 is 0 Å². The number of aliphatic carboxylic acids is 1. The molecule has 2 aromatic rings. The first kappa shape index (κ1) is 20.4. The summed E-state index contributed by atoms with van der Waals surface area (Å²) in [4.78, 5) is 24.4.